The van der Waals surface area contributed by atoms with Gasteiger partial charge in [-0.3, -0.25) is 0 Å². The van der Waals surface area contributed by atoms with E-state index in [-0.39, 0.29) is 11.2 Å². The van der Waals surface area contributed by atoms with Crippen molar-refractivity contribution in [2.75, 3.05) is 0 Å². The summed E-state index contributed by atoms with van der Waals surface area (Å²) in [6, 6.07) is 25.2. The Kier molecular flexibility index (Phi) is 9.25. The Balaban J connectivity index is 1.27. The maximum Gasteiger partial charge on any atom is 0.530 e. The fourth-order valence-electron chi connectivity index (χ4n) is 8.15. The number of aryl methyl sites for hydroxylation is 2. The Morgan fingerprint density at radius 3 is 1.55 bits per heavy atom. The van der Waals surface area contributed by atoms with Gasteiger partial charge in [0, 0.05) is 11.8 Å². The zero-order chi connectivity index (χ0) is 32.5. The van der Waals surface area contributed by atoms with Crippen LogP contribution in [0.3, 0.4) is 0 Å². The number of fused-ring (bicyclic) bond motifs is 2. The predicted molar refractivity (Wildman–Crippen MR) is 192 cm³/mol. The lowest BCUT2D eigenvalue weighted by Crippen LogP contribution is -2.18. The smallest absolute Gasteiger partial charge is 0.508 e. The molecule has 0 bridgehead atoms. The Morgan fingerprint density at radius 2 is 1.09 bits per heavy atom. The third-order valence-corrected chi connectivity index (χ3v) is 11.8. The molecule has 1 heterocycles. The second-order valence-electron chi connectivity index (χ2n) is 14.7. The first-order valence-electron chi connectivity index (χ1n) is 17.8. The summed E-state index contributed by atoms with van der Waals surface area (Å²) in [6.45, 7) is 8.87. The molecule has 7 rings (SSSR count). The summed E-state index contributed by atoms with van der Waals surface area (Å²) in [6.07, 6.45) is 13.4. The van der Waals surface area contributed by atoms with E-state index in [2.05, 4.69) is 64.1 Å². The molecule has 4 nitrogen and oxygen atoms in total. The highest BCUT2D eigenvalue weighted by atomic mass is 31.2. The van der Waals surface area contributed by atoms with E-state index in [1.54, 1.807) is 12.1 Å². The second kappa shape index (κ2) is 13.6. The minimum atomic E-state index is -1.77. The molecule has 0 saturated heterocycles. The first kappa shape index (κ1) is 32.1. The molecule has 0 unspecified atom stereocenters. The molecule has 0 spiro atoms. The lowest BCUT2D eigenvalue weighted by atomic mass is 9.78. The van der Waals surface area contributed by atoms with E-state index in [4.69, 9.17) is 13.6 Å². The van der Waals surface area contributed by atoms with Gasteiger partial charge in [0.15, 0.2) is 0 Å². The van der Waals surface area contributed by atoms with Crippen LogP contribution in [-0.2, 0) is 11.8 Å². The van der Waals surface area contributed by atoms with E-state index >= 15 is 0 Å². The van der Waals surface area contributed by atoms with Gasteiger partial charge in [0.1, 0.15) is 23.0 Å². The van der Waals surface area contributed by atoms with Gasteiger partial charge in [-0.05, 0) is 109 Å². The number of hydrogen-bond donors (Lipinski definition) is 1. The number of hydrogen-bond acceptors (Lipinski definition) is 4. The van der Waals surface area contributed by atoms with E-state index < -0.39 is 8.60 Å². The topological polar surface area (TPSA) is 47.9 Å². The zero-order valence-corrected chi connectivity index (χ0v) is 29.4. The molecule has 4 aromatic rings. The fourth-order valence-corrected chi connectivity index (χ4v) is 9.30. The van der Waals surface area contributed by atoms with Crippen molar-refractivity contribution >= 4 is 8.60 Å². The van der Waals surface area contributed by atoms with Gasteiger partial charge in [0.25, 0.3) is 0 Å². The minimum Gasteiger partial charge on any atom is -0.508 e. The summed E-state index contributed by atoms with van der Waals surface area (Å²) in [5, 5.41) is 9.82. The maximum absolute atomic E-state index is 9.82. The average Bonchev–Trinajstić information content (AvgIpc) is 3.07. The highest BCUT2D eigenvalue weighted by Gasteiger charge is 2.33. The van der Waals surface area contributed by atoms with Gasteiger partial charge in [-0.25, -0.2) is 0 Å². The van der Waals surface area contributed by atoms with Gasteiger partial charge in [0.05, 0.1) is 0 Å². The van der Waals surface area contributed by atoms with Crippen molar-refractivity contribution in [1.82, 2.24) is 0 Å². The third kappa shape index (κ3) is 6.91. The molecule has 2 aliphatic carbocycles. The summed E-state index contributed by atoms with van der Waals surface area (Å²) in [7, 11) is -1.77. The number of phenols is 1. The Morgan fingerprint density at radius 1 is 0.638 bits per heavy atom. The Hall–Kier alpha value is -3.49. The lowest BCUT2D eigenvalue weighted by Gasteiger charge is -2.32. The Labute approximate surface area is 282 Å². The van der Waals surface area contributed by atoms with Crippen LogP contribution in [0.5, 0.6) is 23.0 Å². The largest absolute Gasteiger partial charge is 0.530 e. The summed E-state index contributed by atoms with van der Waals surface area (Å²) >= 11 is 0. The molecule has 1 aliphatic heterocycles. The highest BCUT2D eigenvalue weighted by Crippen LogP contribution is 2.53. The van der Waals surface area contributed by atoms with E-state index in [1.807, 2.05) is 24.3 Å². The van der Waals surface area contributed by atoms with Crippen LogP contribution in [0.1, 0.15) is 134 Å². The number of rotatable bonds is 6. The van der Waals surface area contributed by atoms with Crippen LogP contribution in [0.4, 0.5) is 0 Å². The lowest BCUT2D eigenvalue weighted by molar-refractivity contribution is 0.365. The summed E-state index contributed by atoms with van der Waals surface area (Å²) in [5.74, 6) is 3.98. The number of benzene rings is 4. The molecule has 0 atom stereocenters. The number of phenolic OH excluding ortho intramolecular Hbond substituents is 1. The van der Waals surface area contributed by atoms with Crippen LogP contribution in [0, 0.1) is 13.8 Å². The molecule has 5 heteroatoms. The molecule has 0 aromatic heterocycles. The molecule has 1 N–H and O–H groups in total. The van der Waals surface area contributed by atoms with E-state index in [0.29, 0.717) is 11.8 Å². The van der Waals surface area contributed by atoms with E-state index in [1.165, 1.54) is 103 Å². The third-order valence-electron chi connectivity index (χ3n) is 10.8. The standard InChI is InChI=1S/C42H49O4P/c1-28-23-32-27-33-24-29(2)26-39(31-13-9-6-10-14-31)41(33)46-47(45-40(32)38(25-28)30-11-7-5-8-12-30)44-37-21-17-35(18-22-37)42(3,4)34-15-19-36(43)20-16-34/h15-26,30-31,43H,5-14,27H2,1-4H3. The molecule has 2 saturated carbocycles. The van der Waals surface area contributed by atoms with Crippen LogP contribution in [-0.4, -0.2) is 5.11 Å². The van der Waals surface area contributed by atoms with Crippen molar-refractivity contribution in [3.63, 3.8) is 0 Å². The molecular weight excluding hydrogens is 599 g/mol. The summed E-state index contributed by atoms with van der Waals surface area (Å²) < 4.78 is 20.7. The van der Waals surface area contributed by atoms with Crippen LogP contribution < -0.4 is 13.6 Å². The first-order valence-corrected chi connectivity index (χ1v) is 18.8. The second-order valence-corrected chi connectivity index (χ2v) is 15.7. The summed E-state index contributed by atoms with van der Waals surface area (Å²) in [5.41, 5.74) is 9.83. The van der Waals surface area contributed by atoms with Gasteiger partial charge < -0.3 is 18.7 Å². The molecule has 47 heavy (non-hydrogen) atoms. The van der Waals surface area contributed by atoms with Crippen LogP contribution in [0.15, 0.2) is 72.8 Å². The normalized spacial score (nSPS) is 17.9. The van der Waals surface area contributed by atoms with Crippen LogP contribution in [0.25, 0.3) is 0 Å². The average molecular weight is 649 g/mol. The van der Waals surface area contributed by atoms with Crippen LogP contribution in [0.2, 0.25) is 0 Å². The van der Waals surface area contributed by atoms with Crippen molar-refractivity contribution < 1.29 is 18.7 Å². The van der Waals surface area contributed by atoms with Gasteiger partial charge >= 0.3 is 8.60 Å². The molecule has 4 aromatic carbocycles. The monoisotopic (exact) mass is 648 g/mol. The van der Waals surface area contributed by atoms with Crippen molar-refractivity contribution in [1.29, 1.82) is 0 Å². The predicted octanol–water partition coefficient (Wildman–Crippen LogP) is 12.1. The first-order chi connectivity index (χ1) is 22.7. The molecule has 0 amide bonds. The molecule has 246 valence electrons. The molecule has 3 aliphatic rings. The fraction of sp³-hybridized carbons (Fsp3) is 0.429. The van der Waals surface area contributed by atoms with Crippen molar-refractivity contribution in [2.45, 2.75) is 116 Å². The quantitative estimate of drug-likeness (QED) is 0.211. The van der Waals surface area contributed by atoms with E-state index in [0.717, 1.165) is 29.2 Å². The summed E-state index contributed by atoms with van der Waals surface area (Å²) in [4.78, 5) is 0. The van der Waals surface area contributed by atoms with Gasteiger partial charge in [-0.15, -0.1) is 0 Å². The molecule has 0 radical (unpaired) electrons. The highest BCUT2D eigenvalue weighted by molar-refractivity contribution is 7.43. The van der Waals surface area contributed by atoms with Gasteiger partial charge in [-0.2, -0.15) is 0 Å². The maximum atomic E-state index is 9.82. The molecular formula is C42H49O4P. The minimum absolute atomic E-state index is 0.234. The number of aromatic hydroxyl groups is 1. The van der Waals surface area contributed by atoms with Gasteiger partial charge in [0.2, 0.25) is 0 Å². The molecule has 2 fully saturated rings. The van der Waals surface area contributed by atoms with Gasteiger partial charge in [-0.1, -0.05) is 112 Å². The van der Waals surface area contributed by atoms with Crippen molar-refractivity contribution in [3.8, 4) is 23.0 Å². The Bertz CT molecular complexity index is 1620. The SMILES string of the molecule is Cc1cc2c(c(C3CCCCC3)c1)OP(Oc1ccc(C(C)(C)c3ccc(O)cc3)cc1)Oc1c(cc(C)cc1C1CCCCC1)C2. The van der Waals surface area contributed by atoms with Crippen molar-refractivity contribution in [3.05, 3.63) is 117 Å². The van der Waals surface area contributed by atoms with Crippen molar-refractivity contribution in [2.24, 2.45) is 0 Å². The zero-order valence-electron chi connectivity index (χ0n) is 28.5. The van der Waals surface area contributed by atoms with Crippen LogP contribution >= 0.6 is 8.60 Å². The van der Waals surface area contributed by atoms with E-state index in [9.17, 15) is 5.11 Å².